The van der Waals surface area contributed by atoms with Gasteiger partial charge < -0.3 is 10.2 Å². The second-order valence-corrected chi connectivity index (χ2v) is 9.36. The zero-order valence-electron chi connectivity index (χ0n) is 16.2. The molecule has 2 amide bonds. The molecule has 3 rings (SSSR count). The van der Waals surface area contributed by atoms with Crippen molar-refractivity contribution in [1.82, 2.24) is 10.2 Å². The third kappa shape index (κ3) is 5.94. The highest BCUT2D eigenvalue weighted by Gasteiger charge is 2.33. The van der Waals surface area contributed by atoms with Crippen LogP contribution >= 0.6 is 11.8 Å². The molecule has 1 aliphatic rings. The number of nitrogens with two attached hydrogens (primary N) is 1. The van der Waals surface area contributed by atoms with Gasteiger partial charge in [-0.15, -0.1) is 11.8 Å². The van der Waals surface area contributed by atoms with E-state index in [2.05, 4.69) is 5.32 Å². The second kappa shape index (κ2) is 9.92. The minimum absolute atomic E-state index is 0.0518. The molecule has 7 nitrogen and oxygen atoms in total. The average Bonchev–Trinajstić information content (AvgIpc) is 3.22. The van der Waals surface area contributed by atoms with Crippen molar-refractivity contribution in [2.75, 3.05) is 18.2 Å². The molecule has 0 aromatic heterocycles. The number of carbonyl (C=O) groups is 2. The third-order valence-corrected chi connectivity index (χ3v) is 6.59. The molecule has 0 spiro atoms. The number of primary sulfonamides is 1. The van der Waals surface area contributed by atoms with Gasteiger partial charge >= 0.3 is 0 Å². The third-order valence-electron chi connectivity index (χ3n) is 4.65. The normalized spacial score (nSPS) is 16.7. The van der Waals surface area contributed by atoms with E-state index in [1.54, 1.807) is 34.9 Å². The van der Waals surface area contributed by atoms with E-state index in [4.69, 9.17) is 5.14 Å². The van der Waals surface area contributed by atoms with Gasteiger partial charge in [0.25, 0.3) is 0 Å². The molecule has 3 N–H and O–H groups in total. The molecule has 9 heteroatoms. The van der Waals surface area contributed by atoms with E-state index >= 15 is 0 Å². The molecule has 2 aromatic carbocycles. The molecule has 30 heavy (non-hydrogen) atoms. The van der Waals surface area contributed by atoms with Crippen LogP contribution in [-0.4, -0.2) is 49.3 Å². The Morgan fingerprint density at radius 3 is 2.50 bits per heavy atom. The lowest BCUT2D eigenvalue weighted by Gasteiger charge is -2.21. The van der Waals surface area contributed by atoms with Crippen molar-refractivity contribution < 1.29 is 18.0 Å². The van der Waals surface area contributed by atoms with E-state index in [1.165, 1.54) is 18.2 Å². The average molecular weight is 446 g/mol. The summed E-state index contributed by atoms with van der Waals surface area (Å²) in [6.07, 6.45) is 3.78. The van der Waals surface area contributed by atoms with Crippen LogP contribution in [0.2, 0.25) is 0 Å². The zero-order chi connectivity index (χ0) is 21.6. The Balaban J connectivity index is 1.51. The largest absolute Gasteiger partial charge is 0.354 e. The smallest absolute Gasteiger partial charge is 0.247 e. The number of hydrogen-bond acceptors (Lipinski definition) is 5. The standard InChI is InChI=1S/C21H23N3O4S2/c22-30(27,28)18-9-6-17(7-10-18)12-13-23-21(26)19-14-29-15-24(19)20(25)11-8-16-4-2-1-3-5-16/h1-11,19H,12-15H2,(H,23,26)(H2,22,27,28)/b11-8+. The summed E-state index contributed by atoms with van der Waals surface area (Å²) in [6, 6.07) is 15.2. The Morgan fingerprint density at radius 2 is 1.83 bits per heavy atom. The van der Waals surface area contributed by atoms with Crippen LogP contribution in [0.15, 0.2) is 65.6 Å². The van der Waals surface area contributed by atoms with E-state index in [-0.39, 0.29) is 16.7 Å². The predicted octanol–water partition coefficient (Wildman–Crippen LogP) is 1.61. The number of sulfonamides is 1. The van der Waals surface area contributed by atoms with Crippen LogP contribution in [0.5, 0.6) is 0 Å². The monoisotopic (exact) mass is 445 g/mol. The second-order valence-electron chi connectivity index (χ2n) is 6.80. The first-order chi connectivity index (χ1) is 14.3. The van der Waals surface area contributed by atoms with E-state index in [1.807, 2.05) is 30.3 Å². The summed E-state index contributed by atoms with van der Waals surface area (Å²) in [7, 11) is -3.72. The summed E-state index contributed by atoms with van der Waals surface area (Å²) in [5, 5.41) is 7.95. The molecule has 0 saturated carbocycles. The summed E-state index contributed by atoms with van der Waals surface area (Å²) in [6.45, 7) is 0.386. The quantitative estimate of drug-likeness (QED) is 0.629. The van der Waals surface area contributed by atoms with Crippen LogP contribution in [0.3, 0.4) is 0 Å². The van der Waals surface area contributed by atoms with Gasteiger partial charge in [0.1, 0.15) is 6.04 Å². The predicted molar refractivity (Wildman–Crippen MR) is 118 cm³/mol. The number of nitrogens with one attached hydrogen (secondary N) is 1. The highest BCUT2D eigenvalue weighted by Crippen LogP contribution is 2.21. The maximum Gasteiger partial charge on any atom is 0.247 e. The molecule has 1 fully saturated rings. The molecular weight excluding hydrogens is 422 g/mol. The number of benzene rings is 2. The van der Waals surface area contributed by atoms with Crippen LogP contribution < -0.4 is 10.5 Å². The van der Waals surface area contributed by atoms with Crippen LogP contribution in [0.4, 0.5) is 0 Å². The number of thioether (sulfide) groups is 1. The number of rotatable bonds is 7. The maximum atomic E-state index is 12.6. The van der Waals surface area contributed by atoms with Crippen LogP contribution in [0.1, 0.15) is 11.1 Å². The molecule has 0 radical (unpaired) electrons. The molecule has 0 aliphatic carbocycles. The van der Waals surface area contributed by atoms with Crippen molar-refractivity contribution in [3.8, 4) is 0 Å². The highest BCUT2D eigenvalue weighted by atomic mass is 32.2. The van der Waals surface area contributed by atoms with Crippen LogP contribution in [-0.2, 0) is 26.0 Å². The minimum Gasteiger partial charge on any atom is -0.354 e. The van der Waals surface area contributed by atoms with Gasteiger partial charge in [-0.25, -0.2) is 13.6 Å². The van der Waals surface area contributed by atoms with Crippen LogP contribution in [0.25, 0.3) is 6.08 Å². The molecule has 1 atom stereocenters. The van der Waals surface area contributed by atoms with Crippen molar-refractivity contribution in [2.24, 2.45) is 5.14 Å². The Bertz CT molecular complexity index is 1020. The summed E-state index contributed by atoms with van der Waals surface area (Å²) in [5.41, 5.74) is 1.80. The number of amides is 2. The lowest BCUT2D eigenvalue weighted by Crippen LogP contribution is -2.47. The van der Waals surface area contributed by atoms with Gasteiger partial charge in [0.15, 0.2) is 0 Å². The van der Waals surface area contributed by atoms with Gasteiger partial charge in [0.05, 0.1) is 10.8 Å². The lowest BCUT2D eigenvalue weighted by atomic mass is 10.1. The van der Waals surface area contributed by atoms with Crippen LogP contribution in [0, 0.1) is 0 Å². The fourth-order valence-corrected chi connectivity index (χ4v) is 4.68. The topological polar surface area (TPSA) is 110 Å². The lowest BCUT2D eigenvalue weighted by molar-refractivity contribution is -0.134. The van der Waals surface area contributed by atoms with Crippen molar-refractivity contribution in [1.29, 1.82) is 0 Å². The summed E-state index contributed by atoms with van der Waals surface area (Å²) < 4.78 is 22.6. The minimum atomic E-state index is -3.72. The van der Waals surface area contributed by atoms with Crippen molar-refractivity contribution >= 4 is 39.7 Å². The van der Waals surface area contributed by atoms with Gasteiger partial charge in [0.2, 0.25) is 21.8 Å². The first-order valence-corrected chi connectivity index (χ1v) is 12.1. The molecule has 158 valence electrons. The number of carbonyl (C=O) groups excluding carboxylic acids is 2. The molecule has 1 unspecified atom stereocenters. The molecular formula is C21H23N3O4S2. The molecule has 1 aliphatic heterocycles. The molecule has 2 aromatic rings. The number of hydrogen-bond donors (Lipinski definition) is 2. The molecule has 1 saturated heterocycles. The van der Waals surface area contributed by atoms with E-state index in [0.29, 0.717) is 24.6 Å². The van der Waals surface area contributed by atoms with E-state index in [9.17, 15) is 18.0 Å². The van der Waals surface area contributed by atoms with Gasteiger partial charge in [-0.05, 0) is 35.8 Å². The highest BCUT2D eigenvalue weighted by molar-refractivity contribution is 7.99. The van der Waals surface area contributed by atoms with Crippen molar-refractivity contribution in [2.45, 2.75) is 17.4 Å². The fourth-order valence-electron chi connectivity index (χ4n) is 3.00. The zero-order valence-corrected chi connectivity index (χ0v) is 17.9. The first-order valence-electron chi connectivity index (χ1n) is 9.35. The van der Waals surface area contributed by atoms with Crippen molar-refractivity contribution in [3.05, 3.63) is 71.8 Å². The summed E-state index contributed by atoms with van der Waals surface area (Å²) in [5.74, 6) is 0.649. The maximum absolute atomic E-state index is 12.6. The van der Waals surface area contributed by atoms with Crippen molar-refractivity contribution in [3.63, 3.8) is 0 Å². The van der Waals surface area contributed by atoms with Gasteiger partial charge in [0, 0.05) is 18.4 Å². The van der Waals surface area contributed by atoms with Gasteiger partial charge in [-0.1, -0.05) is 42.5 Å². The van der Waals surface area contributed by atoms with E-state index in [0.717, 1.165) is 11.1 Å². The summed E-state index contributed by atoms with van der Waals surface area (Å²) in [4.78, 5) is 26.7. The Morgan fingerprint density at radius 1 is 1.13 bits per heavy atom. The first kappa shape index (κ1) is 22.1. The summed E-state index contributed by atoms with van der Waals surface area (Å²) >= 11 is 1.54. The molecule has 0 bridgehead atoms. The number of nitrogens with zero attached hydrogens (tertiary/aromatic N) is 1. The van der Waals surface area contributed by atoms with Gasteiger partial charge in [-0.3, -0.25) is 9.59 Å². The fraction of sp³-hybridized carbons (Fsp3) is 0.238. The Hall–Kier alpha value is -2.62. The Kier molecular flexibility index (Phi) is 7.30. The van der Waals surface area contributed by atoms with Gasteiger partial charge in [-0.2, -0.15) is 0 Å². The van der Waals surface area contributed by atoms with E-state index < -0.39 is 16.1 Å². The molecule has 1 heterocycles. The Labute approximate surface area is 180 Å². The SMILES string of the molecule is NS(=O)(=O)c1ccc(CCNC(=O)C2CSCN2C(=O)/C=C/c2ccccc2)cc1.